The van der Waals surface area contributed by atoms with Crippen molar-refractivity contribution < 1.29 is 0 Å². The molecule has 2 aliphatic rings. The highest BCUT2D eigenvalue weighted by Gasteiger charge is 2.22. The third-order valence-corrected chi connectivity index (χ3v) is 5.15. The van der Waals surface area contributed by atoms with Crippen LogP contribution in [0.3, 0.4) is 0 Å². The molecule has 0 radical (unpaired) electrons. The summed E-state index contributed by atoms with van der Waals surface area (Å²) in [5.41, 5.74) is 2.97. The maximum absolute atomic E-state index is 3.59. The molecule has 1 saturated carbocycles. The van der Waals surface area contributed by atoms with Gasteiger partial charge in [0.25, 0.3) is 0 Å². The van der Waals surface area contributed by atoms with E-state index in [1.54, 1.807) is 5.56 Å². The summed E-state index contributed by atoms with van der Waals surface area (Å²) in [6.07, 6.45) is 5.61. The highest BCUT2D eigenvalue weighted by atomic mass is 32.2. The van der Waals surface area contributed by atoms with Crippen LogP contribution in [0.25, 0.3) is 0 Å². The molecule has 0 spiro atoms. The van der Waals surface area contributed by atoms with Crippen molar-refractivity contribution in [3.63, 3.8) is 0 Å². The summed E-state index contributed by atoms with van der Waals surface area (Å²) in [7, 11) is 0. The van der Waals surface area contributed by atoms with Crippen LogP contribution in [-0.4, -0.2) is 17.5 Å². The second-order valence-corrected chi connectivity index (χ2v) is 6.69. The Morgan fingerprint density at radius 1 is 1.12 bits per heavy atom. The molecule has 92 valence electrons. The van der Waals surface area contributed by atoms with Crippen molar-refractivity contribution in [1.82, 2.24) is 5.32 Å². The number of thioether (sulfide) groups is 1. The van der Waals surface area contributed by atoms with Crippen molar-refractivity contribution in [3.05, 3.63) is 35.4 Å². The second kappa shape index (κ2) is 5.45. The molecule has 2 heteroatoms. The van der Waals surface area contributed by atoms with E-state index < -0.39 is 0 Å². The van der Waals surface area contributed by atoms with E-state index in [9.17, 15) is 0 Å². The quantitative estimate of drug-likeness (QED) is 0.854. The largest absolute Gasteiger partial charge is 0.312 e. The van der Waals surface area contributed by atoms with E-state index >= 15 is 0 Å². The number of hydrogen-bond acceptors (Lipinski definition) is 2. The smallest absolute Gasteiger partial charge is 0.0205 e. The third kappa shape index (κ3) is 3.26. The predicted molar refractivity (Wildman–Crippen MR) is 75.6 cm³/mol. The molecular weight excluding hydrogens is 226 g/mol. The fourth-order valence-electron chi connectivity index (χ4n) is 2.51. The van der Waals surface area contributed by atoms with Crippen LogP contribution in [0, 0.1) is 0 Å². The van der Waals surface area contributed by atoms with Crippen molar-refractivity contribution in [2.45, 2.75) is 43.4 Å². The molecule has 1 aromatic rings. The Bertz CT molecular complexity index is 350. The van der Waals surface area contributed by atoms with Gasteiger partial charge in [-0.15, -0.1) is 0 Å². The lowest BCUT2D eigenvalue weighted by Crippen LogP contribution is -2.22. The van der Waals surface area contributed by atoms with E-state index in [-0.39, 0.29) is 0 Å². The van der Waals surface area contributed by atoms with Crippen LogP contribution in [0.15, 0.2) is 24.3 Å². The van der Waals surface area contributed by atoms with Gasteiger partial charge in [-0.3, -0.25) is 0 Å². The maximum Gasteiger partial charge on any atom is 0.0205 e. The molecule has 3 rings (SSSR count). The van der Waals surface area contributed by atoms with Crippen molar-refractivity contribution in [1.29, 1.82) is 0 Å². The Morgan fingerprint density at radius 3 is 2.59 bits per heavy atom. The van der Waals surface area contributed by atoms with Gasteiger partial charge >= 0.3 is 0 Å². The summed E-state index contributed by atoms with van der Waals surface area (Å²) in [6.45, 7) is 2.21. The summed E-state index contributed by atoms with van der Waals surface area (Å²) in [5.74, 6) is 2.24. The topological polar surface area (TPSA) is 12.0 Å². The normalized spacial score (nSPS) is 24.1. The minimum atomic E-state index is 0.862. The van der Waals surface area contributed by atoms with E-state index in [1.165, 1.54) is 43.5 Å². The highest BCUT2D eigenvalue weighted by molar-refractivity contribution is 8.00. The van der Waals surface area contributed by atoms with E-state index in [4.69, 9.17) is 0 Å². The molecule has 1 aliphatic heterocycles. The Kier molecular flexibility index (Phi) is 3.72. The van der Waals surface area contributed by atoms with Gasteiger partial charge in [-0.2, -0.15) is 11.8 Å². The molecule has 1 aliphatic carbocycles. The zero-order valence-electron chi connectivity index (χ0n) is 10.3. The number of rotatable bonds is 5. The summed E-state index contributed by atoms with van der Waals surface area (Å²) < 4.78 is 0. The van der Waals surface area contributed by atoms with E-state index in [1.807, 2.05) is 0 Å². The Labute approximate surface area is 108 Å². The van der Waals surface area contributed by atoms with Crippen LogP contribution in [0.4, 0.5) is 0 Å². The Balaban J connectivity index is 1.44. The van der Waals surface area contributed by atoms with Gasteiger partial charge in [0.1, 0.15) is 0 Å². The lowest BCUT2D eigenvalue weighted by molar-refractivity contribution is 0.646. The van der Waals surface area contributed by atoms with Crippen molar-refractivity contribution in [2.75, 3.05) is 12.3 Å². The minimum Gasteiger partial charge on any atom is -0.312 e. The lowest BCUT2D eigenvalue weighted by Gasteiger charge is -2.10. The average molecular weight is 247 g/mol. The number of nitrogens with one attached hydrogen (secondary N) is 1. The molecule has 0 amide bonds. The van der Waals surface area contributed by atoms with Gasteiger partial charge in [0.15, 0.2) is 0 Å². The summed E-state index contributed by atoms with van der Waals surface area (Å²) in [4.78, 5) is 0. The second-order valence-electron chi connectivity index (χ2n) is 5.28. The molecule has 1 aromatic carbocycles. The first kappa shape index (κ1) is 11.6. The van der Waals surface area contributed by atoms with Crippen molar-refractivity contribution in [2.24, 2.45) is 0 Å². The molecule has 1 heterocycles. The highest BCUT2D eigenvalue weighted by Crippen LogP contribution is 2.39. The Morgan fingerprint density at radius 2 is 1.94 bits per heavy atom. The van der Waals surface area contributed by atoms with Crippen LogP contribution in [0.1, 0.15) is 42.7 Å². The third-order valence-electron chi connectivity index (χ3n) is 3.75. The van der Waals surface area contributed by atoms with Crippen molar-refractivity contribution >= 4 is 11.8 Å². The van der Waals surface area contributed by atoms with Gasteiger partial charge in [0, 0.05) is 18.3 Å². The standard InChI is InChI=1S/C15H21NS/c1-2-15(17-9-1)11-16-10-12-3-5-13(6-4-12)14-7-8-14/h3-6,14-16H,1-2,7-11H2. The average Bonchev–Trinajstić information content (AvgIpc) is 3.08. The summed E-state index contributed by atoms with van der Waals surface area (Å²) in [6, 6.07) is 9.23. The van der Waals surface area contributed by atoms with Gasteiger partial charge in [-0.25, -0.2) is 0 Å². The zero-order chi connectivity index (χ0) is 11.5. The molecule has 2 fully saturated rings. The van der Waals surface area contributed by atoms with E-state index in [2.05, 4.69) is 41.3 Å². The van der Waals surface area contributed by atoms with Crippen LogP contribution in [0.5, 0.6) is 0 Å². The monoisotopic (exact) mass is 247 g/mol. The molecule has 1 N–H and O–H groups in total. The van der Waals surface area contributed by atoms with E-state index in [0.29, 0.717) is 0 Å². The SMILES string of the molecule is c1cc(C2CC2)ccc1CNCC1CCCS1. The van der Waals surface area contributed by atoms with Gasteiger partial charge in [-0.05, 0) is 48.5 Å². The summed E-state index contributed by atoms with van der Waals surface area (Å²) >= 11 is 2.13. The molecule has 0 bridgehead atoms. The van der Waals surface area contributed by atoms with Crippen LogP contribution >= 0.6 is 11.8 Å². The van der Waals surface area contributed by atoms with Gasteiger partial charge < -0.3 is 5.32 Å². The molecule has 0 aromatic heterocycles. The van der Waals surface area contributed by atoms with Crippen molar-refractivity contribution in [3.8, 4) is 0 Å². The lowest BCUT2D eigenvalue weighted by atomic mass is 10.1. The molecular formula is C15H21NS. The zero-order valence-corrected chi connectivity index (χ0v) is 11.1. The molecule has 17 heavy (non-hydrogen) atoms. The molecule has 1 unspecified atom stereocenters. The minimum absolute atomic E-state index is 0.862. The van der Waals surface area contributed by atoms with Gasteiger partial charge in [-0.1, -0.05) is 24.3 Å². The van der Waals surface area contributed by atoms with Gasteiger partial charge in [0.2, 0.25) is 0 Å². The molecule has 1 atom stereocenters. The first-order valence-electron chi connectivity index (χ1n) is 6.83. The number of hydrogen-bond donors (Lipinski definition) is 1. The molecule has 1 nitrogen and oxygen atoms in total. The molecule has 1 saturated heterocycles. The van der Waals surface area contributed by atoms with Crippen LogP contribution < -0.4 is 5.32 Å². The summed E-state index contributed by atoms with van der Waals surface area (Å²) in [5, 5.41) is 4.45. The first-order valence-corrected chi connectivity index (χ1v) is 7.88. The maximum atomic E-state index is 3.59. The number of benzene rings is 1. The van der Waals surface area contributed by atoms with Crippen LogP contribution in [0.2, 0.25) is 0 Å². The van der Waals surface area contributed by atoms with Crippen LogP contribution in [-0.2, 0) is 6.54 Å². The van der Waals surface area contributed by atoms with Gasteiger partial charge in [0.05, 0.1) is 0 Å². The predicted octanol–water partition coefficient (Wildman–Crippen LogP) is 3.55. The fourth-order valence-corrected chi connectivity index (χ4v) is 3.74. The first-order chi connectivity index (χ1) is 8.42. The fraction of sp³-hybridized carbons (Fsp3) is 0.600. The van der Waals surface area contributed by atoms with E-state index in [0.717, 1.165) is 17.7 Å². The Hall–Kier alpha value is -0.470.